The lowest BCUT2D eigenvalue weighted by Gasteiger charge is -2.34. The van der Waals surface area contributed by atoms with Crippen molar-refractivity contribution in [1.82, 2.24) is 5.32 Å². The van der Waals surface area contributed by atoms with E-state index in [0.29, 0.717) is 12.0 Å². The Bertz CT molecular complexity index is 462. The Morgan fingerprint density at radius 2 is 2.05 bits per heavy atom. The maximum Gasteiger partial charge on any atom is 0.272 e. The summed E-state index contributed by atoms with van der Waals surface area (Å²) in [6, 6.07) is 7.59. The van der Waals surface area contributed by atoms with E-state index >= 15 is 0 Å². The number of nitrogens with one attached hydrogen (secondary N) is 1. The Morgan fingerprint density at radius 3 is 2.80 bits per heavy atom. The smallest absolute Gasteiger partial charge is 0.272 e. The van der Waals surface area contributed by atoms with Gasteiger partial charge in [-0.1, -0.05) is 44.9 Å². The second kappa shape index (κ2) is 6.84. The summed E-state index contributed by atoms with van der Waals surface area (Å²) in [5.41, 5.74) is 1.06. The summed E-state index contributed by atoms with van der Waals surface area (Å²) in [5.74, 6) is 1.46. The SMILES string of the molecule is CC1CCCC(NCCc2ccccc2[N+](=O)[O-])C1C. The zero-order valence-corrected chi connectivity index (χ0v) is 12.3. The molecule has 1 aliphatic rings. The Hall–Kier alpha value is -1.42. The van der Waals surface area contributed by atoms with Crippen LogP contribution >= 0.6 is 0 Å². The molecule has 0 amide bonds. The van der Waals surface area contributed by atoms with Gasteiger partial charge in [0.1, 0.15) is 0 Å². The Kier molecular flexibility index (Phi) is 5.12. The van der Waals surface area contributed by atoms with E-state index in [2.05, 4.69) is 19.2 Å². The highest BCUT2D eigenvalue weighted by Gasteiger charge is 2.26. The molecule has 0 radical (unpaired) electrons. The minimum Gasteiger partial charge on any atom is -0.313 e. The molecule has 3 unspecified atom stereocenters. The molecule has 1 N–H and O–H groups in total. The van der Waals surface area contributed by atoms with Gasteiger partial charge in [0.2, 0.25) is 0 Å². The van der Waals surface area contributed by atoms with E-state index in [-0.39, 0.29) is 10.6 Å². The molecule has 2 rings (SSSR count). The van der Waals surface area contributed by atoms with Crippen molar-refractivity contribution in [2.45, 2.75) is 45.6 Å². The number of nitro benzene ring substituents is 1. The van der Waals surface area contributed by atoms with Crippen LogP contribution in [0.25, 0.3) is 0 Å². The lowest BCUT2D eigenvalue weighted by atomic mass is 9.78. The average Bonchev–Trinajstić information content (AvgIpc) is 2.44. The van der Waals surface area contributed by atoms with E-state index in [0.717, 1.165) is 24.4 Å². The molecule has 4 heteroatoms. The van der Waals surface area contributed by atoms with Gasteiger partial charge in [-0.2, -0.15) is 0 Å². The standard InChI is InChI=1S/C16H24N2O2/c1-12-6-5-8-15(13(12)2)17-11-10-14-7-3-4-9-16(14)18(19)20/h3-4,7,9,12-13,15,17H,5-6,8,10-11H2,1-2H3. The zero-order chi connectivity index (χ0) is 14.5. The van der Waals surface area contributed by atoms with Crippen LogP contribution in [0.3, 0.4) is 0 Å². The molecule has 20 heavy (non-hydrogen) atoms. The van der Waals surface area contributed by atoms with Gasteiger partial charge in [-0.3, -0.25) is 10.1 Å². The summed E-state index contributed by atoms with van der Waals surface area (Å²) in [6.45, 7) is 5.44. The van der Waals surface area contributed by atoms with Crippen LogP contribution < -0.4 is 5.32 Å². The van der Waals surface area contributed by atoms with E-state index in [1.54, 1.807) is 12.1 Å². The van der Waals surface area contributed by atoms with Gasteiger partial charge in [-0.15, -0.1) is 0 Å². The van der Waals surface area contributed by atoms with Gasteiger partial charge in [0, 0.05) is 17.7 Å². The summed E-state index contributed by atoms with van der Waals surface area (Å²) in [6.07, 6.45) is 4.55. The van der Waals surface area contributed by atoms with E-state index in [1.165, 1.54) is 19.3 Å². The van der Waals surface area contributed by atoms with Crippen molar-refractivity contribution in [2.24, 2.45) is 11.8 Å². The molecule has 1 aliphatic carbocycles. The Labute approximate surface area is 120 Å². The number of para-hydroxylation sites is 1. The number of nitrogens with zero attached hydrogens (tertiary/aromatic N) is 1. The van der Waals surface area contributed by atoms with Crippen LogP contribution in [0.15, 0.2) is 24.3 Å². The molecular weight excluding hydrogens is 252 g/mol. The Balaban J connectivity index is 1.88. The molecule has 3 atom stereocenters. The van der Waals surface area contributed by atoms with Crippen molar-refractivity contribution in [1.29, 1.82) is 0 Å². The first-order valence-corrected chi connectivity index (χ1v) is 7.55. The first kappa shape index (κ1) is 15.0. The molecule has 1 aromatic rings. The fraction of sp³-hybridized carbons (Fsp3) is 0.625. The van der Waals surface area contributed by atoms with Crippen molar-refractivity contribution in [3.8, 4) is 0 Å². The van der Waals surface area contributed by atoms with Crippen molar-refractivity contribution in [2.75, 3.05) is 6.54 Å². The zero-order valence-electron chi connectivity index (χ0n) is 12.3. The molecule has 1 saturated carbocycles. The first-order valence-electron chi connectivity index (χ1n) is 7.55. The molecule has 110 valence electrons. The molecule has 1 fully saturated rings. The van der Waals surface area contributed by atoms with Crippen LogP contribution in [0.1, 0.15) is 38.7 Å². The lowest BCUT2D eigenvalue weighted by molar-refractivity contribution is -0.385. The predicted octanol–water partition coefficient (Wildman–Crippen LogP) is 3.55. The van der Waals surface area contributed by atoms with E-state index in [9.17, 15) is 10.1 Å². The number of rotatable bonds is 5. The third kappa shape index (κ3) is 3.57. The normalized spacial score (nSPS) is 26.4. The highest BCUT2D eigenvalue weighted by atomic mass is 16.6. The van der Waals surface area contributed by atoms with Crippen LogP contribution in [0.2, 0.25) is 0 Å². The largest absolute Gasteiger partial charge is 0.313 e. The van der Waals surface area contributed by atoms with Crippen LogP contribution in [0.5, 0.6) is 0 Å². The van der Waals surface area contributed by atoms with Crippen molar-refractivity contribution in [3.05, 3.63) is 39.9 Å². The first-order chi connectivity index (χ1) is 9.59. The topological polar surface area (TPSA) is 55.2 Å². The molecule has 4 nitrogen and oxygen atoms in total. The number of hydrogen-bond acceptors (Lipinski definition) is 3. The van der Waals surface area contributed by atoms with Gasteiger partial charge in [0.25, 0.3) is 5.69 Å². The number of hydrogen-bond donors (Lipinski definition) is 1. The van der Waals surface area contributed by atoms with Crippen molar-refractivity contribution >= 4 is 5.69 Å². The summed E-state index contributed by atoms with van der Waals surface area (Å²) in [4.78, 5) is 10.7. The summed E-state index contributed by atoms with van der Waals surface area (Å²) < 4.78 is 0. The van der Waals surface area contributed by atoms with E-state index < -0.39 is 0 Å². The lowest BCUT2D eigenvalue weighted by Crippen LogP contribution is -2.41. The average molecular weight is 276 g/mol. The second-order valence-corrected chi connectivity index (χ2v) is 5.96. The monoisotopic (exact) mass is 276 g/mol. The van der Waals surface area contributed by atoms with Crippen molar-refractivity contribution in [3.63, 3.8) is 0 Å². The number of benzene rings is 1. The van der Waals surface area contributed by atoms with Crippen LogP contribution in [-0.2, 0) is 6.42 Å². The fourth-order valence-corrected chi connectivity index (χ4v) is 3.16. The maximum atomic E-state index is 11.0. The molecule has 0 saturated heterocycles. The van der Waals surface area contributed by atoms with E-state index in [1.807, 2.05) is 12.1 Å². The summed E-state index contributed by atoms with van der Waals surface area (Å²) in [7, 11) is 0. The quantitative estimate of drug-likeness (QED) is 0.661. The van der Waals surface area contributed by atoms with Gasteiger partial charge in [-0.05, 0) is 31.2 Å². The highest BCUT2D eigenvalue weighted by Crippen LogP contribution is 2.29. The molecule has 0 heterocycles. The van der Waals surface area contributed by atoms with Crippen LogP contribution in [-0.4, -0.2) is 17.5 Å². The van der Waals surface area contributed by atoms with Gasteiger partial charge < -0.3 is 5.32 Å². The van der Waals surface area contributed by atoms with Crippen LogP contribution in [0, 0.1) is 22.0 Å². The highest BCUT2D eigenvalue weighted by molar-refractivity contribution is 5.39. The Morgan fingerprint density at radius 1 is 1.30 bits per heavy atom. The minimum absolute atomic E-state index is 0.236. The number of nitro groups is 1. The molecule has 0 spiro atoms. The fourth-order valence-electron chi connectivity index (χ4n) is 3.16. The minimum atomic E-state index is -0.291. The van der Waals surface area contributed by atoms with Gasteiger partial charge in [-0.25, -0.2) is 0 Å². The summed E-state index contributed by atoms with van der Waals surface area (Å²) >= 11 is 0. The van der Waals surface area contributed by atoms with Crippen molar-refractivity contribution < 1.29 is 4.92 Å². The van der Waals surface area contributed by atoms with E-state index in [4.69, 9.17) is 0 Å². The third-order valence-corrected chi connectivity index (χ3v) is 4.70. The predicted molar refractivity (Wildman–Crippen MR) is 80.8 cm³/mol. The molecule has 0 bridgehead atoms. The second-order valence-electron chi connectivity index (χ2n) is 5.96. The van der Waals surface area contributed by atoms with Gasteiger partial charge in [0.05, 0.1) is 4.92 Å². The molecule has 0 aromatic heterocycles. The third-order valence-electron chi connectivity index (χ3n) is 4.70. The van der Waals surface area contributed by atoms with Gasteiger partial charge in [0.15, 0.2) is 0 Å². The summed E-state index contributed by atoms with van der Waals surface area (Å²) in [5, 5.41) is 14.6. The molecule has 0 aliphatic heterocycles. The molecular formula is C16H24N2O2. The maximum absolute atomic E-state index is 11.0. The molecule has 1 aromatic carbocycles. The van der Waals surface area contributed by atoms with Gasteiger partial charge >= 0.3 is 0 Å². The van der Waals surface area contributed by atoms with Crippen LogP contribution in [0.4, 0.5) is 5.69 Å².